The van der Waals surface area contributed by atoms with Gasteiger partial charge in [0, 0.05) is 6.08 Å². The van der Waals surface area contributed by atoms with Crippen molar-refractivity contribution in [1.29, 1.82) is 0 Å². The maximum atomic E-state index is 8.66. The molecule has 0 bridgehead atoms. The lowest BCUT2D eigenvalue weighted by molar-refractivity contribution is 0.243. The van der Waals surface area contributed by atoms with Gasteiger partial charge in [0.05, 0.1) is 0 Å². The molecule has 1 heterocycles. The van der Waals surface area contributed by atoms with E-state index < -0.39 is 7.25 Å². The number of nitrogens with zero attached hydrogens (tertiary/aromatic N) is 2. The second-order valence-electron chi connectivity index (χ2n) is 1.72. The van der Waals surface area contributed by atoms with Crippen LogP contribution in [0.2, 0.25) is 0 Å². The van der Waals surface area contributed by atoms with Crippen LogP contribution in [-0.2, 0) is 0 Å². The summed E-state index contributed by atoms with van der Waals surface area (Å²) in [4.78, 5) is 0. The Hall–Kier alpha value is -0.0451. The highest BCUT2D eigenvalue weighted by Gasteiger charge is 2.22. The minimum absolute atomic E-state index is 0.497. The summed E-state index contributed by atoms with van der Waals surface area (Å²) < 4.78 is 1.09. The van der Waals surface area contributed by atoms with Crippen LogP contribution in [-0.4, -0.2) is 27.0 Å². The van der Waals surface area contributed by atoms with Crippen molar-refractivity contribution in [2.24, 2.45) is 5.10 Å². The summed E-state index contributed by atoms with van der Waals surface area (Å²) in [5.74, 6) is 0. The van der Waals surface area contributed by atoms with Crippen LogP contribution in [0.15, 0.2) is 15.8 Å². The zero-order valence-corrected chi connectivity index (χ0v) is 8.37. The van der Waals surface area contributed by atoms with E-state index in [-0.39, 0.29) is 0 Å². The molecule has 0 atom stereocenters. The topological polar surface area (TPSA) is 68.1 Å². The Morgan fingerprint density at radius 2 is 2.18 bits per heavy atom. The largest absolute Gasteiger partial charge is 0.625 e. The van der Waals surface area contributed by atoms with Crippen molar-refractivity contribution in [3.8, 4) is 0 Å². The first-order valence-electron chi connectivity index (χ1n) is 2.63. The third kappa shape index (κ3) is 2.47. The number of hydrogen-bond donors (Lipinski definition) is 3. The molecule has 0 saturated carbocycles. The van der Waals surface area contributed by atoms with E-state index >= 15 is 0 Å². The van der Waals surface area contributed by atoms with Crippen molar-refractivity contribution in [3.63, 3.8) is 0 Å². The van der Waals surface area contributed by atoms with Crippen LogP contribution in [0, 0.1) is 0 Å². The summed E-state index contributed by atoms with van der Waals surface area (Å²) in [5.41, 5.74) is 2.54. The number of halogens is 2. The van der Waals surface area contributed by atoms with E-state index in [0.29, 0.717) is 9.23 Å². The minimum atomic E-state index is -1.66. The Bertz CT molecular complexity index is 219. The molecule has 3 N–H and O–H groups in total. The highest BCUT2D eigenvalue weighted by Crippen LogP contribution is 2.10. The predicted octanol–water partition coefficient (Wildman–Crippen LogP) is -0.279. The molecule has 8 heteroatoms. The van der Waals surface area contributed by atoms with E-state index in [1.807, 2.05) is 0 Å². The lowest BCUT2D eigenvalue weighted by atomic mass is 10.2. The van der Waals surface area contributed by atoms with Gasteiger partial charge in [0.15, 0.2) is 0 Å². The van der Waals surface area contributed by atoms with Crippen LogP contribution in [0.5, 0.6) is 0 Å². The van der Waals surface area contributed by atoms with Crippen LogP contribution >= 0.6 is 31.9 Å². The van der Waals surface area contributed by atoms with E-state index in [4.69, 9.17) is 10.0 Å². The molecule has 5 nitrogen and oxygen atoms in total. The molecule has 0 aromatic heterocycles. The molecular weight excluding hydrogens is 281 g/mol. The molecule has 0 unspecified atom stereocenters. The SMILES string of the molecule is OB(O)N1N=C(Br)C=C(Br)N1. The van der Waals surface area contributed by atoms with Gasteiger partial charge in [-0.05, 0) is 31.9 Å². The molecule has 0 amide bonds. The molecule has 0 aromatic rings. The molecule has 0 aliphatic carbocycles. The van der Waals surface area contributed by atoms with Crippen LogP contribution in [0.4, 0.5) is 0 Å². The van der Waals surface area contributed by atoms with Crippen LogP contribution in [0.25, 0.3) is 0 Å². The molecule has 60 valence electrons. The van der Waals surface area contributed by atoms with Crippen molar-refractivity contribution in [2.45, 2.75) is 0 Å². The third-order valence-corrected chi connectivity index (χ3v) is 1.68. The molecule has 0 saturated heterocycles. The Labute approximate surface area is 80.2 Å². The first-order valence-corrected chi connectivity index (χ1v) is 4.21. The fraction of sp³-hybridized carbons (Fsp3) is 0. The highest BCUT2D eigenvalue weighted by atomic mass is 79.9. The van der Waals surface area contributed by atoms with Crippen LogP contribution < -0.4 is 5.43 Å². The van der Waals surface area contributed by atoms with Crippen molar-refractivity contribution in [1.82, 2.24) is 10.5 Å². The van der Waals surface area contributed by atoms with Gasteiger partial charge in [0.1, 0.15) is 9.23 Å². The smallest absolute Gasteiger partial charge is 0.406 e. The molecule has 11 heavy (non-hydrogen) atoms. The van der Waals surface area contributed by atoms with Crippen LogP contribution in [0.3, 0.4) is 0 Å². The second kappa shape index (κ2) is 3.57. The molecular formula is C3H4BBr2N3O2. The first kappa shape index (κ1) is 9.05. The molecule has 0 radical (unpaired) electrons. The van der Waals surface area contributed by atoms with E-state index in [2.05, 4.69) is 42.4 Å². The maximum Gasteiger partial charge on any atom is 0.625 e. The zero-order valence-electron chi connectivity index (χ0n) is 5.20. The standard InChI is InChI=1S/C3H4BBr2N3O2/c5-2-1-3(6)8-9(7-2)4(10)11/h1,7,10-11H. The van der Waals surface area contributed by atoms with Gasteiger partial charge in [0.2, 0.25) is 0 Å². The Morgan fingerprint density at radius 3 is 2.64 bits per heavy atom. The normalized spacial score (nSPS) is 16.9. The summed E-state index contributed by atoms with van der Waals surface area (Å²) in [7, 11) is -1.66. The summed E-state index contributed by atoms with van der Waals surface area (Å²) >= 11 is 6.19. The number of nitrogens with one attached hydrogen (secondary N) is 1. The molecule has 0 aromatic carbocycles. The van der Waals surface area contributed by atoms with Gasteiger partial charge >= 0.3 is 7.25 Å². The molecule has 1 aliphatic heterocycles. The lowest BCUT2D eigenvalue weighted by Gasteiger charge is -2.22. The van der Waals surface area contributed by atoms with E-state index in [1.54, 1.807) is 6.08 Å². The zero-order chi connectivity index (χ0) is 8.43. The second-order valence-corrected chi connectivity index (χ2v) is 3.38. The average Bonchev–Trinajstić information content (AvgIpc) is 1.85. The van der Waals surface area contributed by atoms with Gasteiger partial charge in [-0.15, -0.1) is 0 Å². The third-order valence-electron chi connectivity index (χ3n) is 0.889. The monoisotopic (exact) mass is 283 g/mol. The van der Waals surface area contributed by atoms with Gasteiger partial charge in [-0.3, -0.25) is 5.43 Å². The van der Waals surface area contributed by atoms with Gasteiger partial charge in [-0.1, -0.05) is 0 Å². The highest BCUT2D eigenvalue weighted by molar-refractivity contribution is 9.18. The number of hydrazone groups is 1. The van der Waals surface area contributed by atoms with Gasteiger partial charge in [-0.25, -0.2) is 0 Å². The first-order chi connectivity index (χ1) is 5.09. The molecule has 0 fully saturated rings. The quantitative estimate of drug-likeness (QED) is 0.458. The Kier molecular flexibility index (Phi) is 2.94. The maximum absolute atomic E-state index is 8.66. The molecule has 1 aliphatic rings. The van der Waals surface area contributed by atoms with Gasteiger partial charge < -0.3 is 10.0 Å². The van der Waals surface area contributed by atoms with Crippen molar-refractivity contribution >= 4 is 43.7 Å². The number of hydrazine groups is 1. The average molecular weight is 285 g/mol. The fourth-order valence-electron chi connectivity index (χ4n) is 0.512. The van der Waals surface area contributed by atoms with Crippen LogP contribution in [0.1, 0.15) is 0 Å². The molecule has 1 rings (SSSR count). The van der Waals surface area contributed by atoms with Crippen molar-refractivity contribution < 1.29 is 10.0 Å². The number of hydrogen-bond acceptors (Lipinski definition) is 5. The Balaban J connectivity index is 2.71. The summed E-state index contributed by atoms with van der Waals surface area (Å²) in [6, 6.07) is 0. The summed E-state index contributed by atoms with van der Waals surface area (Å²) in [6.45, 7) is 0. The van der Waals surface area contributed by atoms with Gasteiger partial charge in [-0.2, -0.15) is 10.1 Å². The Morgan fingerprint density at radius 1 is 1.55 bits per heavy atom. The van der Waals surface area contributed by atoms with Crippen molar-refractivity contribution in [3.05, 3.63) is 10.7 Å². The predicted molar refractivity (Wildman–Crippen MR) is 48.5 cm³/mol. The van der Waals surface area contributed by atoms with E-state index in [0.717, 1.165) is 5.03 Å². The van der Waals surface area contributed by atoms with Crippen molar-refractivity contribution in [2.75, 3.05) is 0 Å². The van der Waals surface area contributed by atoms with E-state index in [9.17, 15) is 0 Å². The molecule has 0 spiro atoms. The minimum Gasteiger partial charge on any atom is -0.406 e. The fourth-order valence-corrected chi connectivity index (χ4v) is 1.62. The number of rotatable bonds is 1. The lowest BCUT2D eigenvalue weighted by Crippen LogP contribution is -2.46. The summed E-state index contributed by atoms with van der Waals surface area (Å²) in [6.07, 6.45) is 1.64. The summed E-state index contributed by atoms with van der Waals surface area (Å²) in [5, 5.41) is 21.9. The van der Waals surface area contributed by atoms with Gasteiger partial charge in [0.25, 0.3) is 0 Å². The van der Waals surface area contributed by atoms with E-state index in [1.165, 1.54) is 0 Å². The number of allylic oxidation sites excluding steroid dienone is 1.